The largest absolute Gasteiger partial charge is 0.490 e. The summed E-state index contributed by atoms with van der Waals surface area (Å²) in [6, 6.07) is 26.8. The molecule has 1 amide bonds. The van der Waals surface area contributed by atoms with Gasteiger partial charge in [0, 0.05) is 0 Å². The zero-order valence-corrected chi connectivity index (χ0v) is 25.2. The fraction of sp³-hybridized carbons (Fsp3) is 0.152. The highest BCUT2D eigenvalue weighted by molar-refractivity contribution is 8.19. The smallest absolute Gasteiger partial charge is 0.271 e. The van der Waals surface area contributed by atoms with Gasteiger partial charge < -0.3 is 9.47 Å². The van der Waals surface area contributed by atoms with Crippen molar-refractivity contribution in [2.45, 2.75) is 27.4 Å². The second-order valence-corrected chi connectivity index (χ2v) is 11.3. The van der Waals surface area contributed by atoms with Crippen molar-refractivity contribution in [1.82, 2.24) is 0 Å². The van der Waals surface area contributed by atoms with E-state index < -0.39 is 0 Å². The van der Waals surface area contributed by atoms with Crippen LogP contribution in [0.3, 0.4) is 0 Å². The van der Waals surface area contributed by atoms with E-state index in [1.165, 1.54) is 11.8 Å². The number of carbonyl (C=O) groups excluding carboxylic acids is 1. The summed E-state index contributed by atoms with van der Waals surface area (Å²) in [6.07, 6.45) is 1.86. The van der Waals surface area contributed by atoms with Crippen LogP contribution in [0.25, 0.3) is 6.08 Å². The first-order valence-corrected chi connectivity index (χ1v) is 14.7. The van der Waals surface area contributed by atoms with Crippen molar-refractivity contribution in [1.29, 1.82) is 0 Å². The number of benzene rings is 4. The fourth-order valence-electron chi connectivity index (χ4n) is 4.14. The average molecular weight is 604 g/mol. The van der Waals surface area contributed by atoms with Crippen LogP contribution in [0.2, 0.25) is 10.0 Å². The summed E-state index contributed by atoms with van der Waals surface area (Å²) in [5, 5.41) is 1.57. The first-order valence-electron chi connectivity index (χ1n) is 13.1. The van der Waals surface area contributed by atoms with Gasteiger partial charge in [0.1, 0.15) is 6.61 Å². The van der Waals surface area contributed by atoms with Crippen LogP contribution >= 0.6 is 35.0 Å². The van der Waals surface area contributed by atoms with Crippen molar-refractivity contribution in [2.24, 2.45) is 4.99 Å². The number of aliphatic imine (C=N–C) groups is 1. The van der Waals surface area contributed by atoms with Crippen LogP contribution in [0.4, 0.5) is 11.4 Å². The molecule has 1 aliphatic rings. The van der Waals surface area contributed by atoms with Crippen LogP contribution in [-0.4, -0.2) is 17.7 Å². The summed E-state index contributed by atoms with van der Waals surface area (Å²) in [6.45, 7) is 6.73. The number of aryl methyl sites for hydroxylation is 2. The normalized spacial score (nSPS) is 15.1. The molecule has 0 saturated carbocycles. The van der Waals surface area contributed by atoms with E-state index in [4.69, 9.17) is 37.7 Å². The maximum Gasteiger partial charge on any atom is 0.271 e. The number of amidine groups is 1. The zero-order chi connectivity index (χ0) is 28.9. The number of hydrogen-bond donors (Lipinski definition) is 0. The van der Waals surface area contributed by atoms with Crippen LogP contribution in [0.15, 0.2) is 94.8 Å². The van der Waals surface area contributed by atoms with E-state index in [1.807, 2.05) is 99.6 Å². The minimum absolute atomic E-state index is 0.136. The first kappa shape index (κ1) is 28.8. The summed E-state index contributed by atoms with van der Waals surface area (Å²) >= 11 is 13.5. The summed E-state index contributed by atoms with van der Waals surface area (Å²) in [5.41, 5.74) is 5.51. The molecule has 4 aromatic rings. The summed E-state index contributed by atoms with van der Waals surface area (Å²) in [7, 11) is 0. The van der Waals surface area contributed by atoms with E-state index in [0.717, 1.165) is 33.6 Å². The molecule has 1 aliphatic heterocycles. The Kier molecular flexibility index (Phi) is 9.03. The molecule has 0 spiro atoms. The Morgan fingerprint density at radius 2 is 1.54 bits per heavy atom. The number of halogens is 2. The summed E-state index contributed by atoms with van der Waals surface area (Å²) < 4.78 is 11.9. The molecule has 0 radical (unpaired) electrons. The highest BCUT2D eigenvalue weighted by Gasteiger charge is 2.34. The van der Waals surface area contributed by atoms with Gasteiger partial charge in [-0.2, -0.15) is 0 Å². The molecule has 208 valence electrons. The van der Waals surface area contributed by atoms with Gasteiger partial charge >= 0.3 is 0 Å². The van der Waals surface area contributed by atoms with Gasteiger partial charge in [0.15, 0.2) is 16.7 Å². The van der Waals surface area contributed by atoms with Gasteiger partial charge in [-0.1, -0.05) is 70.7 Å². The lowest BCUT2D eigenvalue weighted by Gasteiger charge is -2.16. The lowest BCUT2D eigenvalue weighted by atomic mass is 10.1. The number of ether oxygens (including phenoxy) is 2. The third kappa shape index (κ3) is 6.96. The van der Waals surface area contributed by atoms with E-state index in [-0.39, 0.29) is 5.91 Å². The maximum atomic E-state index is 13.7. The van der Waals surface area contributed by atoms with E-state index in [1.54, 1.807) is 17.0 Å². The molecule has 41 heavy (non-hydrogen) atoms. The second-order valence-electron chi connectivity index (χ2n) is 9.49. The minimum atomic E-state index is -0.136. The minimum Gasteiger partial charge on any atom is -0.490 e. The molecule has 0 N–H and O–H groups in total. The van der Waals surface area contributed by atoms with Crippen LogP contribution < -0.4 is 14.4 Å². The number of amides is 1. The Hall–Kier alpha value is -3.71. The van der Waals surface area contributed by atoms with Crippen molar-refractivity contribution in [3.8, 4) is 11.5 Å². The number of nitrogens with zero attached hydrogens (tertiary/aromatic N) is 2. The summed E-state index contributed by atoms with van der Waals surface area (Å²) in [4.78, 5) is 20.8. The number of thioether (sulfide) groups is 1. The quantitative estimate of drug-likeness (QED) is 0.188. The first-order chi connectivity index (χ1) is 19.8. The van der Waals surface area contributed by atoms with Gasteiger partial charge in [-0.3, -0.25) is 9.69 Å². The Morgan fingerprint density at radius 1 is 0.829 bits per heavy atom. The number of carbonyl (C=O) groups is 1. The zero-order valence-electron chi connectivity index (χ0n) is 22.9. The highest BCUT2D eigenvalue weighted by atomic mass is 35.5. The SMILES string of the molecule is CCOc1cc(/C=C2/SC(=Nc3ccc(C)cc3)N(c3ccc(C)cc3)C2=O)ccc1OCc1ccc(Cl)c(Cl)c1. The molecule has 5 rings (SSSR count). The number of rotatable bonds is 8. The van der Waals surface area contributed by atoms with E-state index in [2.05, 4.69) is 0 Å². The maximum absolute atomic E-state index is 13.7. The Morgan fingerprint density at radius 3 is 2.22 bits per heavy atom. The number of hydrogen-bond acceptors (Lipinski definition) is 5. The highest BCUT2D eigenvalue weighted by Crippen LogP contribution is 2.38. The van der Waals surface area contributed by atoms with Crippen molar-refractivity contribution in [3.05, 3.63) is 122 Å². The topological polar surface area (TPSA) is 51.1 Å². The third-order valence-corrected chi connectivity index (χ3v) is 8.01. The molecule has 0 aliphatic carbocycles. The molecule has 1 fully saturated rings. The van der Waals surface area contributed by atoms with Crippen LogP contribution in [0.5, 0.6) is 11.5 Å². The molecule has 8 heteroatoms. The van der Waals surface area contributed by atoms with Gasteiger partial charge in [0.25, 0.3) is 5.91 Å². The molecule has 0 aromatic heterocycles. The van der Waals surface area contributed by atoms with Crippen LogP contribution in [-0.2, 0) is 11.4 Å². The van der Waals surface area contributed by atoms with Crippen molar-refractivity contribution < 1.29 is 14.3 Å². The molecule has 0 bridgehead atoms. The fourth-order valence-corrected chi connectivity index (χ4v) is 5.47. The van der Waals surface area contributed by atoms with E-state index in [9.17, 15) is 4.79 Å². The molecule has 0 atom stereocenters. The molecular formula is C33H28Cl2N2O3S. The lowest BCUT2D eigenvalue weighted by Crippen LogP contribution is -2.28. The average Bonchev–Trinajstić information content (AvgIpc) is 3.26. The summed E-state index contributed by atoms with van der Waals surface area (Å²) in [5.74, 6) is 1.04. The molecule has 0 unspecified atom stereocenters. The molecule has 1 heterocycles. The number of anilines is 1. The molecule has 4 aromatic carbocycles. The van der Waals surface area contributed by atoms with Gasteiger partial charge in [-0.25, -0.2) is 4.99 Å². The predicted octanol–water partition coefficient (Wildman–Crippen LogP) is 9.40. The van der Waals surface area contributed by atoms with Crippen molar-refractivity contribution in [3.63, 3.8) is 0 Å². The monoisotopic (exact) mass is 602 g/mol. The van der Waals surface area contributed by atoms with Gasteiger partial charge in [-0.05, 0) is 98.3 Å². The standard InChI is InChI=1S/C33H28Cl2N2O3S/c1-4-39-30-18-23(10-16-29(30)40-20-24-9-15-27(34)28(35)17-24)19-31-32(38)37(26-13-7-22(3)8-14-26)33(41-31)36-25-11-5-21(2)6-12-25/h5-19H,4,20H2,1-3H3/b31-19+,36-33?. The Labute approximate surface area is 254 Å². The lowest BCUT2D eigenvalue weighted by molar-refractivity contribution is -0.113. The molecular weight excluding hydrogens is 575 g/mol. The third-order valence-electron chi connectivity index (χ3n) is 6.30. The predicted molar refractivity (Wildman–Crippen MR) is 171 cm³/mol. The van der Waals surface area contributed by atoms with Gasteiger partial charge in [-0.15, -0.1) is 0 Å². The molecule has 5 nitrogen and oxygen atoms in total. The van der Waals surface area contributed by atoms with E-state index in [0.29, 0.717) is 44.8 Å². The Bertz CT molecular complexity index is 1630. The van der Waals surface area contributed by atoms with Crippen molar-refractivity contribution >= 4 is 63.5 Å². The van der Waals surface area contributed by atoms with Gasteiger partial charge in [0.05, 0.1) is 32.9 Å². The second kappa shape index (κ2) is 12.9. The molecule has 1 saturated heterocycles. The van der Waals surface area contributed by atoms with E-state index >= 15 is 0 Å². The van der Waals surface area contributed by atoms with Crippen molar-refractivity contribution in [2.75, 3.05) is 11.5 Å². The van der Waals surface area contributed by atoms with Gasteiger partial charge in [0.2, 0.25) is 0 Å². The van der Waals surface area contributed by atoms with Crippen LogP contribution in [0.1, 0.15) is 29.2 Å². The van der Waals surface area contributed by atoms with Crippen LogP contribution in [0, 0.1) is 13.8 Å². The Balaban J connectivity index is 1.44.